The van der Waals surface area contributed by atoms with E-state index in [-0.39, 0.29) is 17.1 Å². The maximum Gasteiger partial charge on any atom is 0.416 e. The van der Waals surface area contributed by atoms with Crippen molar-refractivity contribution in [1.82, 2.24) is 0 Å². The number of hydrogen-bond acceptors (Lipinski definition) is 2. The van der Waals surface area contributed by atoms with Crippen molar-refractivity contribution in [1.29, 1.82) is 0 Å². The molecule has 1 atom stereocenters. The van der Waals surface area contributed by atoms with E-state index in [2.05, 4.69) is 0 Å². The van der Waals surface area contributed by atoms with Crippen LogP contribution in [0.5, 0.6) is 0 Å². The average Bonchev–Trinajstić information content (AvgIpc) is 2.14. The first-order valence-corrected chi connectivity index (χ1v) is 4.48. The molecule has 3 N–H and O–H groups in total. The third kappa shape index (κ3) is 3.09. The summed E-state index contributed by atoms with van der Waals surface area (Å²) >= 11 is 5.51. The fourth-order valence-electron chi connectivity index (χ4n) is 1.10. The molecule has 0 radical (unpaired) electrons. The lowest BCUT2D eigenvalue weighted by atomic mass is 10.1. The molecular weight excluding hydrogens is 231 g/mol. The van der Waals surface area contributed by atoms with Crippen LogP contribution >= 0.6 is 11.6 Å². The Morgan fingerprint density at radius 2 is 1.93 bits per heavy atom. The highest BCUT2D eigenvalue weighted by Gasteiger charge is 2.31. The van der Waals surface area contributed by atoms with Gasteiger partial charge in [0.2, 0.25) is 0 Å². The minimum absolute atomic E-state index is 0.0670. The van der Waals surface area contributed by atoms with Gasteiger partial charge in [-0.3, -0.25) is 0 Å². The minimum atomic E-state index is -4.48. The maximum atomic E-state index is 12.3. The van der Waals surface area contributed by atoms with E-state index >= 15 is 0 Å². The van der Waals surface area contributed by atoms with Gasteiger partial charge in [0.15, 0.2) is 0 Å². The summed E-state index contributed by atoms with van der Waals surface area (Å²) in [5.74, 6) is 0. The fourth-order valence-corrected chi connectivity index (χ4v) is 1.35. The van der Waals surface area contributed by atoms with Crippen LogP contribution in [0.2, 0.25) is 5.02 Å². The topological polar surface area (TPSA) is 46.2 Å². The van der Waals surface area contributed by atoms with Crippen LogP contribution in [0.1, 0.15) is 17.2 Å². The summed E-state index contributed by atoms with van der Waals surface area (Å²) in [6.07, 6.45) is -5.61. The van der Waals surface area contributed by atoms with Crippen molar-refractivity contribution in [3.8, 4) is 0 Å². The number of aliphatic hydroxyl groups is 1. The molecule has 0 aliphatic carbocycles. The smallest absolute Gasteiger partial charge is 0.387 e. The minimum Gasteiger partial charge on any atom is -0.387 e. The lowest BCUT2D eigenvalue weighted by Gasteiger charge is -2.12. The van der Waals surface area contributed by atoms with Crippen LogP contribution in [0.15, 0.2) is 18.2 Å². The number of aliphatic hydroxyl groups excluding tert-OH is 1. The molecule has 15 heavy (non-hydrogen) atoms. The van der Waals surface area contributed by atoms with Crippen molar-refractivity contribution in [3.63, 3.8) is 0 Å². The first kappa shape index (κ1) is 12.3. The predicted molar refractivity (Wildman–Crippen MR) is 50.5 cm³/mol. The summed E-state index contributed by atoms with van der Waals surface area (Å²) in [5, 5.41) is 9.22. The first-order chi connectivity index (χ1) is 6.84. The summed E-state index contributed by atoms with van der Waals surface area (Å²) < 4.78 is 37.0. The summed E-state index contributed by atoms with van der Waals surface area (Å²) in [4.78, 5) is 0. The molecule has 1 rings (SSSR count). The van der Waals surface area contributed by atoms with Gasteiger partial charge in [-0.15, -0.1) is 0 Å². The zero-order chi connectivity index (χ0) is 11.6. The van der Waals surface area contributed by atoms with E-state index in [1.807, 2.05) is 0 Å². The highest BCUT2D eigenvalue weighted by atomic mass is 35.5. The van der Waals surface area contributed by atoms with Crippen molar-refractivity contribution >= 4 is 11.6 Å². The molecule has 0 saturated heterocycles. The van der Waals surface area contributed by atoms with E-state index in [0.717, 1.165) is 12.1 Å². The number of hydrogen-bond donors (Lipinski definition) is 2. The molecule has 0 bridgehead atoms. The number of halogens is 4. The Labute approximate surface area is 89.5 Å². The fraction of sp³-hybridized carbons (Fsp3) is 0.333. The van der Waals surface area contributed by atoms with Gasteiger partial charge < -0.3 is 10.8 Å². The van der Waals surface area contributed by atoms with Crippen molar-refractivity contribution in [2.75, 3.05) is 6.54 Å². The van der Waals surface area contributed by atoms with E-state index in [1.165, 1.54) is 6.07 Å². The second kappa shape index (κ2) is 4.38. The highest BCUT2D eigenvalue weighted by Crippen LogP contribution is 2.33. The predicted octanol–water partition coefficient (Wildman–Crippen LogP) is 2.35. The van der Waals surface area contributed by atoms with E-state index < -0.39 is 17.8 Å². The SMILES string of the molecule is NC[C@H](O)c1cc(Cl)cc(C(F)(F)F)c1. The normalized spacial score (nSPS) is 14.0. The van der Waals surface area contributed by atoms with Gasteiger partial charge in [-0.05, 0) is 23.8 Å². The van der Waals surface area contributed by atoms with Crippen LogP contribution in [0.4, 0.5) is 13.2 Å². The molecule has 0 aliphatic rings. The molecule has 1 aromatic carbocycles. The van der Waals surface area contributed by atoms with Crippen molar-refractivity contribution in [3.05, 3.63) is 34.3 Å². The molecule has 0 aliphatic heterocycles. The molecule has 2 nitrogen and oxygen atoms in total. The third-order valence-corrected chi connectivity index (χ3v) is 2.07. The van der Waals surface area contributed by atoms with Gasteiger partial charge in [0.25, 0.3) is 0 Å². The van der Waals surface area contributed by atoms with E-state index in [1.54, 1.807) is 0 Å². The Hall–Kier alpha value is -0.780. The number of benzene rings is 1. The molecule has 0 fully saturated rings. The number of alkyl halides is 3. The van der Waals surface area contributed by atoms with Gasteiger partial charge in [0.1, 0.15) is 0 Å². The third-order valence-electron chi connectivity index (χ3n) is 1.86. The zero-order valence-electron chi connectivity index (χ0n) is 7.55. The zero-order valence-corrected chi connectivity index (χ0v) is 8.31. The van der Waals surface area contributed by atoms with E-state index in [0.29, 0.717) is 0 Å². The van der Waals surface area contributed by atoms with Gasteiger partial charge in [-0.1, -0.05) is 11.6 Å². The summed E-state index contributed by atoms with van der Waals surface area (Å²) in [6.45, 7) is -0.155. The summed E-state index contributed by atoms with van der Waals surface area (Å²) in [5.41, 5.74) is 4.31. The molecule has 0 unspecified atom stereocenters. The summed E-state index contributed by atoms with van der Waals surface area (Å²) in [6, 6.07) is 2.89. The Bertz CT molecular complexity index is 354. The monoisotopic (exact) mass is 239 g/mol. The second-order valence-electron chi connectivity index (χ2n) is 3.02. The van der Waals surface area contributed by atoms with Gasteiger partial charge in [-0.25, -0.2) is 0 Å². The molecule has 1 aromatic rings. The Morgan fingerprint density at radius 3 is 2.40 bits per heavy atom. The van der Waals surface area contributed by atoms with Gasteiger partial charge in [0, 0.05) is 11.6 Å². The van der Waals surface area contributed by atoms with Gasteiger partial charge in [-0.2, -0.15) is 13.2 Å². The molecular formula is C9H9ClF3NO. The molecule has 0 aromatic heterocycles. The van der Waals surface area contributed by atoms with Crippen LogP contribution in [0, 0.1) is 0 Å². The first-order valence-electron chi connectivity index (χ1n) is 4.10. The standard InChI is InChI=1S/C9H9ClF3NO/c10-7-2-5(8(15)4-14)1-6(3-7)9(11,12)13/h1-3,8,15H,4,14H2/t8-/m0/s1. The molecule has 84 valence electrons. The quantitative estimate of drug-likeness (QED) is 0.832. The van der Waals surface area contributed by atoms with Crippen LogP contribution in [0.25, 0.3) is 0 Å². The van der Waals surface area contributed by atoms with E-state index in [4.69, 9.17) is 17.3 Å². The average molecular weight is 240 g/mol. The highest BCUT2D eigenvalue weighted by molar-refractivity contribution is 6.30. The molecule has 0 spiro atoms. The van der Waals surface area contributed by atoms with E-state index in [9.17, 15) is 18.3 Å². The Balaban J connectivity index is 3.17. The van der Waals surface area contributed by atoms with Crippen LogP contribution in [0.3, 0.4) is 0 Å². The molecule has 0 saturated carbocycles. The van der Waals surface area contributed by atoms with Gasteiger partial charge in [0.05, 0.1) is 11.7 Å². The lowest BCUT2D eigenvalue weighted by Crippen LogP contribution is -2.13. The molecule has 6 heteroatoms. The molecule has 0 heterocycles. The molecule has 0 amide bonds. The van der Waals surface area contributed by atoms with Crippen molar-refractivity contribution in [2.45, 2.75) is 12.3 Å². The second-order valence-corrected chi connectivity index (χ2v) is 3.46. The van der Waals surface area contributed by atoms with Gasteiger partial charge >= 0.3 is 6.18 Å². The maximum absolute atomic E-state index is 12.3. The Kier molecular flexibility index (Phi) is 3.59. The number of rotatable bonds is 2. The summed E-state index contributed by atoms with van der Waals surface area (Å²) in [7, 11) is 0. The number of nitrogens with two attached hydrogens (primary N) is 1. The van der Waals surface area contributed by atoms with Crippen molar-refractivity contribution < 1.29 is 18.3 Å². The van der Waals surface area contributed by atoms with Crippen LogP contribution in [-0.2, 0) is 6.18 Å². The van der Waals surface area contributed by atoms with Crippen LogP contribution < -0.4 is 5.73 Å². The van der Waals surface area contributed by atoms with Crippen LogP contribution in [-0.4, -0.2) is 11.7 Å². The largest absolute Gasteiger partial charge is 0.416 e. The lowest BCUT2D eigenvalue weighted by molar-refractivity contribution is -0.137. The van der Waals surface area contributed by atoms with Crippen molar-refractivity contribution in [2.24, 2.45) is 5.73 Å². The Morgan fingerprint density at radius 1 is 1.33 bits per heavy atom.